The standard InChI is InChI=1S/C17H19NO4/c1-11-6-12(2)8-14(7-11)22-10-17(20)18-13-4-5-16(21-3)15(19)9-13/h4-9,19H,10H2,1-3H3,(H,18,20). The molecule has 0 aliphatic carbocycles. The smallest absolute Gasteiger partial charge is 0.262 e. The lowest BCUT2D eigenvalue weighted by atomic mass is 10.1. The van der Waals surface area contributed by atoms with E-state index < -0.39 is 0 Å². The van der Waals surface area contributed by atoms with E-state index in [9.17, 15) is 9.90 Å². The third-order valence-electron chi connectivity index (χ3n) is 3.03. The molecular formula is C17H19NO4. The Morgan fingerprint density at radius 1 is 1.14 bits per heavy atom. The second kappa shape index (κ2) is 6.85. The maximum Gasteiger partial charge on any atom is 0.262 e. The lowest BCUT2D eigenvalue weighted by Crippen LogP contribution is -2.20. The van der Waals surface area contributed by atoms with Crippen molar-refractivity contribution in [2.75, 3.05) is 19.0 Å². The summed E-state index contributed by atoms with van der Waals surface area (Å²) in [6.45, 7) is 3.84. The Balaban J connectivity index is 1.94. The summed E-state index contributed by atoms with van der Waals surface area (Å²) < 4.78 is 10.4. The highest BCUT2D eigenvalue weighted by atomic mass is 16.5. The van der Waals surface area contributed by atoms with E-state index in [1.807, 2.05) is 32.0 Å². The summed E-state index contributed by atoms with van der Waals surface area (Å²) >= 11 is 0. The quantitative estimate of drug-likeness (QED) is 0.890. The fourth-order valence-electron chi connectivity index (χ4n) is 2.13. The number of aryl methyl sites for hydroxylation is 2. The van der Waals surface area contributed by atoms with Crippen LogP contribution in [0.1, 0.15) is 11.1 Å². The van der Waals surface area contributed by atoms with Gasteiger partial charge in [0.05, 0.1) is 7.11 Å². The van der Waals surface area contributed by atoms with Crippen molar-refractivity contribution < 1.29 is 19.4 Å². The normalized spacial score (nSPS) is 10.1. The zero-order valence-corrected chi connectivity index (χ0v) is 12.8. The van der Waals surface area contributed by atoms with Crippen LogP contribution in [0.25, 0.3) is 0 Å². The van der Waals surface area contributed by atoms with E-state index in [0.29, 0.717) is 17.2 Å². The molecule has 2 aromatic rings. The molecule has 2 rings (SSSR count). The summed E-state index contributed by atoms with van der Waals surface area (Å²) in [6.07, 6.45) is 0. The number of aromatic hydroxyl groups is 1. The molecule has 0 heterocycles. The molecular weight excluding hydrogens is 282 g/mol. The minimum absolute atomic E-state index is 0.0319. The fraction of sp³-hybridized carbons (Fsp3) is 0.235. The van der Waals surface area contributed by atoms with Crippen molar-refractivity contribution in [1.82, 2.24) is 0 Å². The van der Waals surface area contributed by atoms with Gasteiger partial charge in [-0.3, -0.25) is 4.79 Å². The summed E-state index contributed by atoms with van der Waals surface area (Å²) in [5, 5.41) is 12.3. The Bertz CT molecular complexity index is 662. The van der Waals surface area contributed by atoms with Crippen LogP contribution in [-0.2, 0) is 4.79 Å². The Hall–Kier alpha value is -2.69. The first kappa shape index (κ1) is 15.7. The summed E-state index contributed by atoms with van der Waals surface area (Å²) in [7, 11) is 1.46. The van der Waals surface area contributed by atoms with Crippen molar-refractivity contribution in [1.29, 1.82) is 0 Å². The lowest BCUT2D eigenvalue weighted by molar-refractivity contribution is -0.118. The molecule has 5 nitrogen and oxygen atoms in total. The van der Waals surface area contributed by atoms with E-state index >= 15 is 0 Å². The number of anilines is 1. The van der Waals surface area contributed by atoms with Gasteiger partial charge in [-0.05, 0) is 49.2 Å². The van der Waals surface area contributed by atoms with E-state index in [2.05, 4.69) is 5.32 Å². The number of benzene rings is 2. The lowest BCUT2D eigenvalue weighted by Gasteiger charge is -2.10. The number of hydrogen-bond donors (Lipinski definition) is 2. The molecule has 0 radical (unpaired) electrons. The first-order valence-electron chi connectivity index (χ1n) is 6.86. The second-order valence-corrected chi connectivity index (χ2v) is 5.05. The van der Waals surface area contributed by atoms with Crippen LogP contribution >= 0.6 is 0 Å². The second-order valence-electron chi connectivity index (χ2n) is 5.05. The van der Waals surface area contributed by atoms with E-state index in [4.69, 9.17) is 9.47 Å². The fourth-order valence-corrected chi connectivity index (χ4v) is 2.13. The van der Waals surface area contributed by atoms with Gasteiger partial charge in [0, 0.05) is 11.8 Å². The first-order valence-corrected chi connectivity index (χ1v) is 6.86. The molecule has 0 saturated carbocycles. The molecule has 0 saturated heterocycles. The average molecular weight is 301 g/mol. The van der Waals surface area contributed by atoms with Crippen LogP contribution in [0.4, 0.5) is 5.69 Å². The van der Waals surface area contributed by atoms with Crippen molar-refractivity contribution in [3.63, 3.8) is 0 Å². The number of rotatable bonds is 5. The van der Waals surface area contributed by atoms with Crippen molar-refractivity contribution in [3.05, 3.63) is 47.5 Å². The van der Waals surface area contributed by atoms with Gasteiger partial charge in [-0.2, -0.15) is 0 Å². The third kappa shape index (κ3) is 4.15. The molecule has 0 aliphatic heterocycles. The maximum atomic E-state index is 11.9. The molecule has 116 valence electrons. The monoisotopic (exact) mass is 301 g/mol. The molecule has 0 fully saturated rings. The molecule has 0 unspecified atom stereocenters. The molecule has 1 amide bonds. The van der Waals surface area contributed by atoms with E-state index in [0.717, 1.165) is 11.1 Å². The maximum absolute atomic E-state index is 11.9. The molecule has 0 bridgehead atoms. The van der Waals surface area contributed by atoms with Crippen LogP contribution in [0, 0.1) is 13.8 Å². The van der Waals surface area contributed by atoms with Crippen LogP contribution < -0.4 is 14.8 Å². The number of carbonyl (C=O) groups is 1. The van der Waals surface area contributed by atoms with E-state index in [1.54, 1.807) is 12.1 Å². The third-order valence-corrected chi connectivity index (χ3v) is 3.03. The number of hydrogen-bond acceptors (Lipinski definition) is 4. The Kier molecular flexibility index (Phi) is 4.88. The van der Waals surface area contributed by atoms with Crippen LogP contribution in [-0.4, -0.2) is 24.7 Å². The summed E-state index contributed by atoms with van der Waals surface area (Å²) in [6, 6.07) is 10.4. The van der Waals surface area contributed by atoms with Crippen molar-refractivity contribution >= 4 is 11.6 Å². The SMILES string of the molecule is COc1ccc(NC(=O)COc2cc(C)cc(C)c2)cc1O. The Morgan fingerprint density at radius 2 is 1.82 bits per heavy atom. The predicted octanol–water partition coefficient (Wildman–Crippen LogP) is 3.04. The topological polar surface area (TPSA) is 67.8 Å². The minimum Gasteiger partial charge on any atom is -0.504 e. The highest BCUT2D eigenvalue weighted by molar-refractivity contribution is 5.92. The highest BCUT2D eigenvalue weighted by Gasteiger charge is 2.07. The van der Waals surface area contributed by atoms with Crippen LogP contribution in [0.5, 0.6) is 17.2 Å². The molecule has 22 heavy (non-hydrogen) atoms. The molecule has 0 atom stereocenters. The van der Waals surface area contributed by atoms with Gasteiger partial charge in [0.2, 0.25) is 0 Å². The minimum atomic E-state index is -0.302. The number of phenols is 1. The van der Waals surface area contributed by atoms with Gasteiger partial charge in [-0.15, -0.1) is 0 Å². The summed E-state index contributed by atoms with van der Waals surface area (Å²) in [5.74, 6) is 0.675. The number of amides is 1. The zero-order valence-electron chi connectivity index (χ0n) is 12.8. The number of ether oxygens (including phenoxy) is 2. The van der Waals surface area contributed by atoms with E-state index in [-0.39, 0.29) is 18.3 Å². The average Bonchev–Trinajstić information content (AvgIpc) is 2.44. The number of nitrogens with one attached hydrogen (secondary N) is 1. The van der Waals surface area contributed by atoms with Gasteiger partial charge < -0.3 is 19.9 Å². The van der Waals surface area contributed by atoms with Gasteiger partial charge in [0.15, 0.2) is 18.1 Å². The molecule has 5 heteroatoms. The molecule has 0 aromatic heterocycles. The molecule has 2 aromatic carbocycles. The van der Waals surface area contributed by atoms with Gasteiger partial charge in [-0.25, -0.2) is 0 Å². The Labute approximate surface area is 129 Å². The molecule has 0 spiro atoms. The summed E-state index contributed by atoms with van der Waals surface area (Å²) in [4.78, 5) is 11.9. The summed E-state index contributed by atoms with van der Waals surface area (Å²) in [5.41, 5.74) is 2.64. The van der Waals surface area contributed by atoms with Crippen LogP contribution in [0.3, 0.4) is 0 Å². The highest BCUT2D eigenvalue weighted by Crippen LogP contribution is 2.28. The molecule has 2 N–H and O–H groups in total. The first-order chi connectivity index (χ1) is 10.5. The van der Waals surface area contributed by atoms with Crippen molar-refractivity contribution in [3.8, 4) is 17.2 Å². The van der Waals surface area contributed by atoms with Gasteiger partial charge in [-0.1, -0.05) is 6.07 Å². The van der Waals surface area contributed by atoms with Crippen LogP contribution in [0.15, 0.2) is 36.4 Å². The van der Waals surface area contributed by atoms with Crippen molar-refractivity contribution in [2.24, 2.45) is 0 Å². The largest absolute Gasteiger partial charge is 0.504 e. The van der Waals surface area contributed by atoms with Gasteiger partial charge in [0.1, 0.15) is 5.75 Å². The van der Waals surface area contributed by atoms with E-state index in [1.165, 1.54) is 13.2 Å². The number of carbonyl (C=O) groups excluding carboxylic acids is 1. The van der Waals surface area contributed by atoms with Crippen molar-refractivity contribution in [2.45, 2.75) is 13.8 Å². The van der Waals surface area contributed by atoms with Gasteiger partial charge in [0.25, 0.3) is 5.91 Å². The number of methoxy groups -OCH3 is 1. The zero-order chi connectivity index (χ0) is 16.1. The molecule has 0 aliphatic rings. The predicted molar refractivity (Wildman–Crippen MR) is 84.7 cm³/mol. The number of phenolic OH excluding ortho intramolecular Hbond substituents is 1. The Morgan fingerprint density at radius 3 is 2.41 bits per heavy atom. The van der Waals surface area contributed by atoms with Gasteiger partial charge >= 0.3 is 0 Å². The van der Waals surface area contributed by atoms with Crippen LogP contribution in [0.2, 0.25) is 0 Å².